The highest BCUT2D eigenvalue weighted by Crippen LogP contribution is 2.57. The van der Waals surface area contributed by atoms with E-state index in [4.69, 9.17) is 0 Å². The van der Waals surface area contributed by atoms with E-state index >= 15 is 0 Å². The van der Waals surface area contributed by atoms with Crippen molar-refractivity contribution in [3.8, 4) is 0 Å². The lowest BCUT2D eigenvalue weighted by atomic mass is 9.62. The van der Waals surface area contributed by atoms with E-state index in [0.717, 1.165) is 19.3 Å². The lowest BCUT2D eigenvalue weighted by molar-refractivity contribution is -0.0321. The zero-order valence-electron chi connectivity index (χ0n) is 9.95. The van der Waals surface area contributed by atoms with E-state index < -0.39 is 0 Å². The van der Waals surface area contributed by atoms with Crippen molar-refractivity contribution < 1.29 is 10.2 Å². The summed E-state index contributed by atoms with van der Waals surface area (Å²) in [5, 5.41) is 19.4. The summed E-state index contributed by atoms with van der Waals surface area (Å²) in [4.78, 5) is 0. The molecule has 0 bridgehead atoms. The van der Waals surface area contributed by atoms with Crippen molar-refractivity contribution in [3.05, 3.63) is 0 Å². The Kier molecular flexibility index (Phi) is 3.09. The molecule has 0 saturated heterocycles. The molecule has 2 aliphatic rings. The second-order valence-electron chi connectivity index (χ2n) is 5.92. The highest BCUT2D eigenvalue weighted by atomic mass is 16.3. The van der Waals surface area contributed by atoms with Crippen LogP contribution in [-0.4, -0.2) is 22.9 Å². The minimum atomic E-state index is -0.0837. The van der Waals surface area contributed by atoms with E-state index in [1.165, 1.54) is 12.8 Å². The van der Waals surface area contributed by atoms with Crippen LogP contribution in [0.15, 0.2) is 0 Å². The molecule has 3 unspecified atom stereocenters. The third-order valence-electron chi connectivity index (χ3n) is 5.14. The summed E-state index contributed by atoms with van der Waals surface area (Å²) in [6.07, 6.45) is 5.65. The van der Waals surface area contributed by atoms with Crippen molar-refractivity contribution >= 4 is 0 Å². The summed E-state index contributed by atoms with van der Waals surface area (Å²) in [5.41, 5.74) is 0.291. The standard InChI is InChI=1S/C13H24O2/c1-9(8-14)10-5-6-11-12(15)4-3-7-13(10,11)2/h9-12,14-15H,3-8H2,1-2H3/t9-,10?,11+,12?,13?/m1/s1. The lowest BCUT2D eigenvalue weighted by Crippen LogP contribution is -2.41. The van der Waals surface area contributed by atoms with Crippen molar-refractivity contribution in [1.82, 2.24) is 0 Å². The number of aliphatic hydroxyl groups excluding tert-OH is 2. The monoisotopic (exact) mass is 212 g/mol. The molecule has 2 heteroatoms. The fourth-order valence-electron chi connectivity index (χ4n) is 4.25. The fourth-order valence-corrected chi connectivity index (χ4v) is 4.25. The predicted octanol–water partition coefficient (Wildman–Crippen LogP) is 2.19. The van der Waals surface area contributed by atoms with E-state index in [1.807, 2.05) is 0 Å². The Bertz CT molecular complexity index is 229. The van der Waals surface area contributed by atoms with Crippen LogP contribution in [0.3, 0.4) is 0 Å². The fraction of sp³-hybridized carbons (Fsp3) is 1.00. The van der Waals surface area contributed by atoms with Crippen molar-refractivity contribution in [2.24, 2.45) is 23.2 Å². The Morgan fingerprint density at radius 3 is 2.73 bits per heavy atom. The molecule has 2 fully saturated rings. The van der Waals surface area contributed by atoms with Crippen LogP contribution in [0.2, 0.25) is 0 Å². The molecule has 0 aromatic rings. The molecule has 0 aromatic carbocycles. The maximum atomic E-state index is 10.1. The molecule has 5 atom stereocenters. The molecule has 0 aromatic heterocycles. The van der Waals surface area contributed by atoms with Gasteiger partial charge in [0.05, 0.1) is 6.10 Å². The van der Waals surface area contributed by atoms with E-state index in [-0.39, 0.29) is 6.10 Å². The molecule has 15 heavy (non-hydrogen) atoms. The summed E-state index contributed by atoms with van der Waals surface area (Å²) in [5.74, 6) is 1.50. The molecular weight excluding hydrogens is 188 g/mol. The minimum Gasteiger partial charge on any atom is -0.396 e. The van der Waals surface area contributed by atoms with Crippen LogP contribution in [0, 0.1) is 23.2 Å². The summed E-state index contributed by atoms with van der Waals surface area (Å²) >= 11 is 0. The van der Waals surface area contributed by atoms with Gasteiger partial charge in [-0.05, 0) is 48.9 Å². The molecule has 2 nitrogen and oxygen atoms in total. The number of hydrogen-bond acceptors (Lipinski definition) is 2. The van der Waals surface area contributed by atoms with Crippen molar-refractivity contribution in [2.75, 3.05) is 6.61 Å². The largest absolute Gasteiger partial charge is 0.396 e. The van der Waals surface area contributed by atoms with Gasteiger partial charge in [-0.25, -0.2) is 0 Å². The molecule has 0 aliphatic heterocycles. The number of hydrogen-bond donors (Lipinski definition) is 2. The maximum absolute atomic E-state index is 10.1. The molecule has 0 heterocycles. The molecular formula is C13H24O2. The lowest BCUT2D eigenvalue weighted by Gasteiger charge is -2.45. The van der Waals surface area contributed by atoms with Gasteiger partial charge < -0.3 is 10.2 Å². The summed E-state index contributed by atoms with van der Waals surface area (Å²) in [6.45, 7) is 4.78. The van der Waals surface area contributed by atoms with Gasteiger partial charge in [0.25, 0.3) is 0 Å². The first-order valence-corrected chi connectivity index (χ1v) is 6.38. The topological polar surface area (TPSA) is 40.5 Å². The average Bonchev–Trinajstić information content (AvgIpc) is 2.56. The first-order chi connectivity index (χ1) is 7.09. The molecule has 2 aliphatic carbocycles. The zero-order valence-corrected chi connectivity index (χ0v) is 9.95. The molecule has 0 amide bonds. The SMILES string of the molecule is C[C@H](CO)C1CC[C@H]2C(O)CCCC12C. The van der Waals surface area contributed by atoms with Crippen LogP contribution in [-0.2, 0) is 0 Å². The van der Waals surface area contributed by atoms with Gasteiger partial charge in [0.15, 0.2) is 0 Å². The molecule has 0 radical (unpaired) electrons. The van der Waals surface area contributed by atoms with Crippen molar-refractivity contribution in [2.45, 2.75) is 52.1 Å². The Hall–Kier alpha value is -0.0800. The van der Waals surface area contributed by atoms with Gasteiger partial charge in [-0.3, -0.25) is 0 Å². The highest BCUT2D eigenvalue weighted by molar-refractivity contribution is 5.01. The van der Waals surface area contributed by atoms with Gasteiger partial charge in [0, 0.05) is 6.61 Å². The highest BCUT2D eigenvalue weighted by Gasteiger charge is 2.51. The van der Waals surface area contributed by atoms with Crippen molar-refractivity contribution in [1.29, 1.82) is 0 Å². The van der Waals surface area contributed by atoms with Gasteiger partial charge in [0.2, 0.25) is 0 Å². The molecule has 2 N–H and O–H groups in total. The summed E-state index contributed by atoms with van der Waals surface area (Å²) in [6, 6.07) is 0. The minimum absolute atomic E-state index is 0.0837. The summed E-state index contributed by atoms with van der Waals surface area (Å²) < 4.78 is 0. The van der Waals surface area contributed by atoms with Crippen LogP contribution in [0.5, 0.6) is 0 Å². The van der Waals surface area contributed by atoms with E-state index in [1.54, 1.807) is 0 Å². The second-order valence-corrected chi connectivity index (χ2v) is 5.92. The Labute approximate surface area is 92.7 Å². The van der Waals surface area contributed by atoms with Gasteiger partial charge in [-0.1, -0.05) is 20.3 Å². The Balaban J connectivity index is 2.17. The average molecular weight is 212 g/mol. The number of rotatable bonds is 2. The quantitative estimate of drug-likeness (QED) is 0.736. The van der Waals surface area contributed by atoms with Gasteiger partial charge in [-0.2, -0.15) is 0 Å². The second kappa shape index (κ2) is 4.06. The molecule has 2 rings (SSSR count). The van der Waals surface area contributed by atoms with Crippen molar-refractivity contribution in [3.63, 3.8) is 0 Å². The Morgan fingerprint density at radius 1 is 1.33 bits per heavy atom. The first kappa shape index (κ1) is 11.4. The molecule has 88 valence electrons. The Morgan fingerprint density at radius 2 is 2.07 bits per heavy atom. The predicted molar refractivity (Wildman–Crippen MR) is 60.4 cm³/mol. The molecule has 2 saturated carbocycles. The summed E-state index contributed by atoms with van der Waals surface area (Å²) in [7, 11) is 0. The van der Waals surface area contributed by atoms with E-state index in [2.05, 4.69) is 13.8 Å². The smallest absolute Gasteiger partial charge is 0.0573 e. The number of aliphatic hydroxyl groups is 2. The normalized spacial score (nSPS) is 47.6. The van der Waals surface area contributed by atoms with Gasteiger partial charge in [-0.15, -0.1) is 0 Å². The van der Waals surface area contributed by atoms with Gasteiger partial charge >= 0.3 is 0 Å². The number of fused-ring (bicyclic) bond motifs is 1. The third-order valence-corrected chi connectivity index (χ3v) is 5.14. The van der Waals surface area contributed by atoms with Crippen LogP contribution in [0.25, 0.3) is 0 Å². The maximum Gasteiger partial charge on any atom is 0.0573 e. The van der Waals surface area contributed by atoms with E-state index in [9.17, 15) is 10.2 Å². The first-order valence-electron chi connectivity index (χ1n) is 6.38. The van der Waals surface area contributed by atoms with Crippen LogP contribution < -0.4 is 0 Å². The van der Waals surface area contributed by atoms with E-state index in [0.29, 0.717) is 29.8 Å². The van der Waals surface area contributed by atoms with Crippen LogP contribution in [0.4, 0.5) is 0 Å². The van der Waals surface area contributed by atoms with Gasteiger partial charge in [0.1, 0.15) is 0 Å². The third kappa shape index (κ3) is 1.72. The van der Waals surface area contributed by atoms with Crippen LogP contribution >= 0.6 is 0 Å². The zero-order chi connectivity index (χ0) is 11.1. The van der Waals surface area contributed by atoms with Crippen LogP contribution in [0.1, 0.15) is 46.0 Å². The molecule has 0 spiro atoms.